The number of nitrogens with one attached hydrogen (secondary N) is 1. The Morgan fingerprint density at radius 1 is 1.24 bits per heavy atom. The van der Waals surface area contributed by atoms with Gasteiger partial charge in [-0.2, -0.15) is 0 Å². The van der Waals surface area contributed by atoms with E-state index in [1.807, 2.05) is 0 Å². The Morgan fingerprint density at radius 2 is 1.86 bits per heavy atom. The molecular formula is C16H23NO4. The molecule has 0 bridgehead atoms. The molecule has 0 saturated carbocycles. The third kappa shape index (κ3) is 8.47. The maximum absolute atomic E-state index is 11.8. The van der Waals surface area contributed by atoms with Gasteiger partial charge in [0.25, 0.3) is 0 Å². The van der Waals surface area contributed by atoms with Gasteiger partial charge in [-0.25, -0.2) is 9.59 Å². The lowest BCUT2D eigenvalue weighted by molar-refractivity contribution is -0.143. The Kier molecular flexibility index (Phi) is 7.83. The summed E-state index contributed by atoms with van der Waals surface area (Å²) in [7, 11) is 0. The molecule has 1 N–H and O–H groups in total. The number of hydrogen-bond donors (Lipinski definition) is 1. The van der Waals surface area contributed by atoms with Gasteiger partial charge in [0.15, 0.2) is 0 Å². The Morgan fingerprint density at radius 3 is 2.29 bits per heavy atom. The number of carbonyl (C=O) groups is 2. The number of ether oxygens (including phenoxy) is 2. The fourth-order valence-corrected chi connectivity index (χ4v) is 1.22. The molecule has 0 rings (SSSR count). The zero-order chi connectivity index (χ0) is 16.5. The third-order valence-corrected chi connectivity index (χ3v) is 2.14. The van der Waals surface area contributed by atoms with Crippen LogP contribution in [0.3, 0.4) is 0 Å². The van der Waals surface area contributed by atoms with Crippen LogP contribution in [0.4, 0.5) is 4.79 Å². The molecule has 116 valence electrons. The molecule has 0 aliphatic rings. The summed E-state index contributed by atoms with van der Waals surface area (Å²) < 4.78 is 10.1. The Balaban J connectivity index is 4.53. The van der Waals surface area contributed by atoms with E-state index in [4.69, 9.17) is 9.47 Å². The van der Waals surface area contributed by atoms with Crippen molar-refractivity contribution in [2.75, 3.05) is 6.61 Å². The number of allylic oxidation sites excluding steroid dienone is 2. The van der Waals surface area contributed by atoms with Crippen molar-refractivity contribution in [1.29, 1.82) is 0 Å². The smallest absolute Gasteiger partial charge is 0.408 e. The molecule has 1 amide bonds. The van der Waals surface area contributed by atoms with Crippen molar-refractivity contribution in [3.8, 4) is 0 Å². The van der Waals surface area contributed by atoms with E-state index < -0.39 is 23.7 Å². The second kappa shape index (κ2) is 8.79. The van der Waals surface area contributed by atoms with Crippen LogP contribution in [0, 0.1) is 0 Å². The standard InChI is InChI=1S/C16H23NO4/c1-7-10-12(8-2)11-20-14(18)13(9-3)17-15(19)21-16(4,5)6/h7-10,13H,1-3,11H2,4-6H3,(H,17,19)/b12-10+. The molecule has 5 heteroatoms. The van der Waals surface area contributed by atoms with Gasteiger partial charge in [-0.3, -0.25) is 0 Å². The summed E-state index contributed by atoms with van der Waals surface area (Å²) in [6.07, 6.45) is 5.35. The molecule has 1 atom stereocenters. The van der Waals surface area contributed by atoms with Crippen LogP contribution in [-0.4, -0.2) is 30.3 Å². The van der Waals surface area contributed by atoms with Gasteiger partial charge in [0.2, 0.25) is 0 Å². The Hall–Kier alpha value is -2.30. The molecule has 21 heavy (non-hydrogen) atoms. The molecule has 0 aromatic heterocycles. The first-order chi connectivity index (χ1) is 9.73. The van der Waals surface area contributed by atoms with Gasteiger partial charge in [0.1, 0.15) is 18.2 Å². The summed E-state index contributed by atoms with van der Waals surface area (Å²) in [4.78, 5) is 23.4. The van der Waals surface area contributed by atoms with Crippen LogP contribution < -0.4 is 5.32 Å². The lowest BCUT2D eigenvalue weighted by Gasteiger charge is -2.21. The number of amides is 1. The molecule has 0 fully saturated rings. The van der Waals surface area contributed by atoms with Gasteiger partial charge >= 0.3 is 12.1 Å². The predicted molar refractivity (Wildman–Crippen MR) is 82.8 cm³/mol. The van der Waals surface area contributed by atoms with Crippen LogP contribution in [0.15, 0.2) is 49.6 Å². The van der Waals surface area contributed by atoms with E-state index >= 15 is 0 Å². The molecule has 0 aliphatic carbocycles. The first kappa shape index (κ1) is 18.7. The highest BCUT2D eigenvalue weighted by Gasteiger charge is 2.23. The van der Waals surface area contributed by atoms with Crippen molar-refractivity contribution in [3.63, 3.8) is 0 Å². The van der Waals surface area contributed by atoms with Gasteiger partial charge in [-0.1, -0.05) is 37.5 Å². The summed E-state index contributed by atoms with van der Waals surface area (Å²) in [5.74, 6) is -0.632. The maximum atomic E-state index is 11.8. The lowest BCUT2D eigenvalue weighted by Crippen LogP contribution is -2.43. The molecular weight excluding hydrogens is 270 g/mol. The van der Waals surface area contributed by atoms with Crippen molar-refractivity contribution < 1.29 is 19.1 Å². The van der Waals surface area contributed by atoms with E-state index in [1.54, 1.807) is 39.0 Å². The minimum Gasteiger partial charge on any atom is -0.459 e. The largest absolute Gasteiger partial charge is 0.459 e. The van der Waals surface area contributed by atoms with E-state index in [0.717, 1.165) is 0 Å². The number of esters is 1. The molecule has 0 aromatic rings. The van der Waals surface area contributed by atoms with Gasteiger partial charge < -0.3 is 14.8 Å². The Labute approximate surface area is 126 Å². The number of hydrogen-bond acceptors (Lipinski definition) is 4. The van der Waals surface area contributed by atoms with Crippen molar-refractivity contribution in [2.45, 2.75) is 32.4 Å². The summed E-state index contributed by atoms with van der Waals surface area (Å²) in [6, 6.07) is -0.977. The molecule has 0 spiro atoms. The zero-order valence-corrected chi connectivity index (χ0v) is 12.8. The van der Waals surface area contributed by atoms with Crippen LogP contribution in [0.25, 0.3) is 0 Å². The average molecular weight is 293 g/mol. The number of carbonyl (C=O) groups excluding carboxylic acids is 2. The van der Waals surface area contributed by atoms with Gasteiger partial charge in [-0.15, -0.1) is 6.58 Å². The first-order valence-corrected chi connectivity index (χ1v) is 6.46. The minimum absolute atomic E-state index is 0.0364. The average Bonchev–Trinajstić information content (AvgIpc) is 2.38. The third-order valence-electron chi connectivity index (χ3n) is 2.14. The van der Waals surface area contributed by atoms with Crippen LogP contribution in [0.1, 0.15) is 20.8 Å². The normalized spacial score (nSPS) is 12.8. The molecule has 0 saturated heterocycles. The molecule has 1 unspecified atom stereocenters. The lowest BCUT2D eigenvalue weighted by atomic mass is 10.2. The van der Waals surface area contributed by atoms with Crippen molar-refractivity contribution >= 4 is 12.1 Å². The fraction of sp³-hybridized carbons (Fsp3) is 0.375. The molecule has 0 aromatic carbocycles. The van der Waals surface area contributed by atoms with Crippen LogP contribution in [-0.2, 0) is 14.3 Å². The maximum Gasteiger partial charge on any atom is 0.408 e. The molecule has 0 aliphatic heterocycles. The Bertz CT molecular complexity index is 444. The van der Waals surface area contributed by atoms with E-state index in [-0.39, 0.29) is 6.61 Å². The predicted octanol–water partition coefficient (Wildman–Crippen LogP) is 2.91. The minimum atomic E-state index is -0.977. The summed E-state index contributed by atoms with van der Waals surface area (Å²) in [5, 5.41) is 2.38. The van der Waals surface area contributed by atoms with Crippen molar-refractivity contribution in [3.05, 3.63) is 49.6 Å². The topological polar surface area (TPSA) is 64.6 Å². The van der Waals surface area contributed by atoms with Gasteiger partial charge in [0.05, 0.1) is 0 Å². The van der Waals surface area contributed by atoms with E-state index in [2.05, 4.69) is 25.1 Å². The summed E-state index contributed by atoms with van der Waals surface area (Å²) in [5.41, 5.74) is 0.0426. The second-order valence-corrected chi connectivity index (χ2v) is 5.15. The zero-order valence-electron chi connectivity index (χ0n) is 12.8. The van der Waals surface area contributed by atoms with E-state index in [1.165, 1.54) is 6.08 Å². The monoisotopic (exact) mass is 293 g/mol. The van der Waals surface area contributed by atoms with Crippen LogP contribution in [0.2, 0.25) is 0 Å². The summed E-state index contributed by atoms with van der Waals surface area (Å²) in [6.45, 7) is 15.8. The van der Waals surface area contributed by atoms with Crippen molar-refractivity contribution in [1.82, 2.24) is 5.32 Å². The highest BCUT2D eigenvalue weighted by molar-refractivity contribution is 5.83. The van der Waals surface area contributed by atoms with E-state index in [0.29, 0.717) is 5.57 Å². The number of rotatable bonds is 7. The summed E-state index contributed by atoms with van der Waals surface area (Å²) >= 11 is 0. The fourth-order valence-electron chi connectivity index (χ4n) is 1.22. The van der Waals surface area contributed by atoms with Crippen LogP contribution >= 0.6 is 0 Å². The highest BCUT2D eigenvalue weighted by Crippen LogP contribution is 2.07. The quantitative estimate of drug-likeness (QED) is 0.445. The first-order valence-electron chi connectivity index (χ1n) is 6.46. The SMILES string of the molecule is C=C/C=C(\C=C)COC(=O)C(C=C)NC(=O)OC(C)(C)C. The molecule has 5 nitrogen and oxygen atoms in total. The highest BCUT2D eigenvalue weighted by atomic mass is 16.6. The number of alkyl carbamates (subject to hydrolysis) is 1. The van der Waals surface area contributed by atoms with E-state index in [9.17, 15) is 9.59 Å². The van der Waals surface area contributed by atoms with Gasteiger partial charge in [-0.05, 0) is 26.3 Å². The molecule has 0 radical (unpaired) electrons. The van der Waals surface area contributed by atoms with Crippen molar-refractivity contribution in [2.24, 2.45) is 0 Å². The van der Waals surface area contributed by atoms with Crippen LogP contribution in [0.5, 0.6) is 0 Å². The molecule has 0 heterocycles. The van der Waals surface area contributed by atoms with Gasteiger partial charge in [0, 0.05) is 0 Å². The second-order valence-electron chi connectivity index (χ2n) is 5.15.